The van der Waals surface area contributed by atoms with Gasteiger partial charge in [-0.05, 0) is 92.8 Å². The predicted molar refractivity (Wildman–Crippen MR) is 308 cm³/mol. The summed E-state index contributed by atoms with van der Waals surface area (Å²) in [5, 5.41) is 14.7. The van der Waals surface area contributed by atoms with Crippen LogP contribution in [0.3, 0.4) is 0 Å². The highest BCUT2D eigenvalue weighted by atomic mass is 16.5. The summed E-state index contributed by atoms with van der Waals surface area (Å²) in [5.74, 6) is -1.74. The highest BCUT2D eigenvalue weighted by Crippen LogP contribution is 2.29. The highest BCUT2D eigenvalue weighted by Gasteiger charge is 2.42. The van der Waals surface area contributed by atoms with Gasteiger partial charge in [0.1, 0.15) is 18.7 Å². The van der Waals surface area contributed by atoms with E-state index < -0.39 is 54.4 Å². The SMILES string of the molecule is CCC(C)C(C(CC(=O)N1CCC[C@H]1C(CC(=O)N[C@@H](Cc1ccccc1)C(=O)NCCc1ccc(NC(=O)CCCCCNC(=O)OCc2ccccc2)cc1)OC)OC)N(C)C(=O)[C@@H](NC(=O)[C@H](C(C)C)N(C)C)C(C)C. The molecule has 3 aromatic rings. The molecule has 5 N–H and O–H groups in total. The smallest absolute Gasteiger partial charge is 0.407 e. The topological polar surface area (TPSA) is 217 Å². The van der Waals surface area contributed by atoms with Crippen LogP contribution in [-0.4, -0.2) is 154 Å². The number of amides is 7. The summed E-state index contributed by atoms with van der Waals surface area (Å²) in [4.78, 5) is 100. The Morgan fingerprint density at radius 2 is 1.35 bits per heavy atom. The second kappa shape index (κ2) is 33.9. The number of unbranched alkanes of at least 4 members (excludes halogenated alkanes) is 2. The van der Waals surface area contributed by atoms with Gasteiger partial charge >= 0.3 is 6.09 Å². The summed E-state index contributed by atoms with van der Waals surface area (Å²) in [6.45, 7) is 13.3. The third-order valence-electron chi connectivity index (χ3n) is 15.0. The summed E-state index contributed by atoms with van der Waals surface area (Å²) in [7, 11) is 8.49. The molecule has 1 fully saturated rings. The van der Waals surface area contributed by atoms with Gasteiger partial charge in [-0.1, -0.05) is 127 Å². The van der Waals surface area contributed by atoms with E-state index in [1.54, 1.807) is 24.0 Å². The van der Waals surface area contributed by atoms with Gasteiger partial charge in [-0.2, -0.15) is 0 Å². The lowest BCUT2D eigenvalue weighted by atomic mass is 9.89. The molecule has 18 heteroatoms. The molecule has 1 aliphatic heterocycles. The molecule has 1 aliphatic rings. The van der Waals surface area contributed by atoms with Crippen LogP contribution in [0.25, 0.3) is 0 Å². The Morgan fingerprint density at radius 3 is 1.95 bits per heavy atom. The van der Waals surface area contributed by atoms with Crippen LogP contribution in [0, 0.1) is 17.8 Å². The van der Waals surface area contributed by atoms with Gasteiger partial charge in [0.15, 0.2) is 0 Å². The molecule has 4 rings (SSSR count). The average Bonchev–Trinajstić information content (AvgIpc) is 3.94. The first-order valence-electron chi connectivity index (χ1n) is 28.3. The number of hydrogen-bond donors (Lipinski definition) is 5. The molecule has 79 heavy (non-hydrogen) atoms. The first kappa shape index (κ1) is 65.2. The van der Waals surface area contributed by atoms with Crippen LogP contribution in [0.5, 0.6) is 0 Å². The summed E-state index contributed by atoms with van der Waals surface area (Å²) in [5.41, 5.74) is 3.40. The summed E-state index contributed by atoms with van der Waals surface area (Å²) in [6, 6.07) is 23.3. The maximum atomic E-state index is 14.4. The predicted octanol–water partition coefficient (Wildman–Crippen LogP) is 6.90. The van der Waals surface area contributed by atoms with E-state index in [1.165, 1.54) is 7.11 Å². The number of rotatable bonds is 33. The molecule has 0 aliphatic carbocycles. The van der Waals surface area contributed by atoms with Gasteiger partial charge in [0.05, 0.1) is 43.2 Å². The van der Waals surface area contributed by atoms with E-state index in [9.17, 15) is 33.6 Å². The molecule has 4 unspecified atom stereocenters. The van der Waals surface area contributed by atoms with Gasteiger partial charge in [0.25, 0.3) is 0 Å². The van der Waals surface area contributed by atoms with Crippen LogP contribution in [0.2, 0.25) is 0 Å². The summed E-state index contributed by atoms with van der Waals surface area (Å²) < 4.78 is 17.3. The molecule has 1 saturated heterocycles. The number of nitrogens with one attached hydrogen (secondary N) is 5. The Hall–Kier alpha value is -6.37. The van der Waals surface area contributed by atoms with E-state index in [0.29, 0.717) is 63.8 Å². The van der Waals surface area contributed by atoms with Crippen molar-refractivity contribution in [2.75, 3.05) is 60.3 Å². The Kier molecular flexibility index (Phi) is 28.0. The molecule has 0 aromatic heterocycles. The number of benzene rings is 3. The number of alkyl carbamates (subject to hydrolysis) is 1. The zero-order valence-electron chi connectivity index (χ0n) is 48.9. The minimum absolute atomic E-state index is 0.0179. The van der Waals surface area contributed by atoms with Gasteiger partial charge in [0, 0.05) is 59.4 Å². The molecule has 0 saturated carbocycles. The first-order chi connectivity index (χ1) is 37.8. The largest absolute Gasteiger partial charge is 0.445 e. The number of nitrogens with zero attached hydrogens (tertiary/aromatic N) is 3. The van der Waals surface area contributed by atoms with E-state index in [-0.39, 0.29) is 73.2 Å². The lowest BCUT2D eigenvalue weighted by Gasteiger charge is -2.41. The molecule has 8 atom stereocenters. The number of anilines is 1. The quantitative estimate of drug-likeness (QED) is 0.0396. The molecule has 0 spiro atoms. The fraction of sp³-hybridized carbons (Fsp3) is 0.590. The molecule has 436 valence electrons. The van der Waals surface area contributed by atoms with Crippen LogP contribution >= 0.6 is 0 Å². The van der Waals surface area contributed by atoms with Gasteiger partial charge in [-0.15, -0.1) is 0 Å². The van der Waals surface area contributed by atoms with E-state index in [4.69, 9.17) is 14.2 Å². The standard InChI is InChI=1S/C61H92N8O10/c1-12-43(6)57(68(9)60(75)55(41(2)3)66-59(74)56(42(4)5)67(7)8)51(78-11)39-54(72)69-36-22-27-49(69)50(77-10)38-53(71)65-48(37-45-23-16-13-17-24-45)58(73)62-35-33-44-29-31-47(32-30-44)64-52(70)28-20-15-21-34-63-61(76)79-40-46-25-18-14-19-26-46/h13-14,16-19,23-26,29-32,41-43,48-51,55-57H,12,15,20-22,27-28,33-40H2,1-11H3,(H,62,73)(H,63,76)(H,64,70)(H,65,71)(H,66,74)/t43?,48-,49-,50?,51?,55-,56-,57?/m0/s1. The van der Waals surface area contributed by atoms with Gasteiger partial charge < -0.3 is 50.6 Å². The third kappa shape index (κ3) is 21.3. The van der Waals surface area contributed by atoms with Crippen LogP contribution in [0.4, 0.5) is 10.5 Å². The van der Waals surface area contributed by atoms with E-state index in [1.807, 2.05) is 145 Å². The lowest BCUT2D eigenvalue weighted by molar-refractivity contribution is -0.147. The van der Waals surface area contributed by atoms with Crippen LogP contribution in [0.1, 0.15) is 116 Å². The van der Waals surface area contributed by atoms with Crippen molar-refractivity contribution in [3.05, 3.63) is 102 Å². The van der Waals surface area contributed by atoms with Crippen LogP contribution in [-0.2, 0) is 62.4 Å². The van der Waals surface area contributed by atoms with Crippen LogP contribution < -0.4 is 26.6 Å². The van der Waals surface area contributed by atoms with E-state index in [2.05, 4.69) is 26.6 Å². The Morgan fingerprint density at radius 1 is 0.696 bits per heavy atom. The van der Waals surface area contributed by atoms with Gasteiger partial charge in [0.2, 0.25) is 35.4 Å². The fourth-order valence-electron chi connectivity index (χ4n) is 10.5. The average molecular weight is 1100 g/mol. The van der Waals surface area contributed by atoms with E-state index >= 15 is 0 Å². The molecule has 7 amide bonds. The van der Waals surface area contributed by atoms with E-state index in [0.717, 1.165) is 29.5 Å². The van der Waals surface area contributed by atoms with Gasteiger partial charge in [-0.25, -0.2) is 4.79 Å². The lowest BCUT2D eigenvalue weighted by Crippen LogP contribution is -2.59. The number of likely N-dealkylation sites (tertiary alicyclic amines) is 1. The fourth-order valence-corrected chi connectivity index (χ4v) is 10.5. The zero-order chi connectivity index (χ0) is 58.0. The molecule has 3 aromatic carbocycles. The third-order valence-corrected chi connectivity index (χ3v) is 15.0. The number of hydrogen-bond acceptors (Lipinski definition) is 11. The van der Waals surface area contributed by atoms with Crippen molar-refractivity contribution in [3.8, 4) is 0 Å². The van der Waals surface area contributed by atoms with Crippen molar-refractivity contribution in [2.24, 2.45) is 17.8 Å². The number of carbonyl (C=O) groups excluding carboxylic acids is 7. The number of likely N-dealkylation sites (N-methyl/N-ethyl adjacent to an activating group) is 2. The van der Waals surface area contributed by atoms with Crippen molar-refractivity contribution in [1.82, 2.24) is 36.0 Å². The Bertz CT molecular complexity index is 2350. The van der Waals surface area contributed by atoms with Gasteiger partial charge in [-0.3, -0.25) is 33.7 Å². The monoisotopic (exact) mass is 1100 g/mol. The summed E-state index contributed by atoms with van der Waals surface area (Å²) >= 11 is 0. The minimum atomic E-state index is -0.892. The molecule has 0 radical (unpaired) electrons. The molecular weight excluding hydrogens is 1000 g/mol. The number of ether oxygens (including phenoxy) is 3. The maximum Gasteiger partial charge on any atom is 0.407 e. The maximum absolute atomic E-state index is 14.4. The molecule has 0 bridgehead atoms. The van der Waals surface area contributed by atoms with Crippen LogP contribution in [0.15, 0.2) is 84.9 Å². The summed E-state index contributed by atoms with van der Waals surface area (Å²) in [6.07, 6.45) is 3.38. The molecular formula is C61H92N8O10. The normalized spacial score (nSPS) is 16.0. The molecule has 18 nitrogen and oxygen atoms in total. The van der Waals surface area contributed by atoms with Crippen molar-refractivity contribution in [1.29, 1.82) is 0 Å². The Balaban J connectivity index is 1.30. The number of carbonyl (C=O) groups is 7. The second-order valence-electron chi connectivity index (χ2n) is 21.9. The zero-order valence-corrected chi connectivity index (χ0v) is 48.9. The van der Waals surface area contributed by atoms with Crippen molar-refractivity contribution in [3.63, 3.8) is 0 Å². The van der Waals surface area contributed by atoms with Crippen molar-refractivity contribution >= 4 is 47.2 Å². The second-order valence-corrected chi connectivity index (χ2v) is 21.9. The first-order valence-corrected chi connectivity index (χ1v) is 28.3. The van der Waals surface area contributed by atoms with Crippen molar-refractivity contribution < 1.29 is 47.8 Å². The van der Waals surface area contributed by atoms with Crippen molar-refractivity contribution in [2.45, 2.75) is 161 Å². The number of methoxy groups -OCH3 is 2. The molecule has 1 heterocycles. The Labute approximate surface area is 470 Å². The minimum Gasteiger partial charge on any atom is -0.445 e. The highest BCUT2D eigenvalue weighted by molar-refractivity contribution is 5.91.